The van der Waals surface area contributed by atoms with E-state index in [0.29, 0.717) is 33.6 Å². The van der Waals surface area contributed by atoms with Crippen molar-refractivity contribution in [3.63, 3.8) is 0 Å². The number of amides is 1. The van der Waals surface area contributed by atoms with Gasteiger partial charge in [-0.1, -0.05) is 54.1 Å². The van der Waals surface area contributed by atoms with Crippen LogP contribution in [-0.2, 0) is 4.79 Å². The summed E-state index contributed by atoms with van der Waals surface area (Å²) in [6.07, 6.45) is 1.66. The minimum atomic E-state index is -0.315. The van der Waals surface area contributed by atoms with Crippen LogP contribution in [0.4, 0.5) is 5.69 Å². The zero-order valence-corrected chi connectivity index (χ0v) is 18.1. The van der Waals surface area contributed by atoms with Crippen LogP contribution < -0.4 is 10.1 Å². The smallest absolute Gasteiger partial charge is 0.262 e. The fourth-order valence-electron chi connectivity index (χ4n) is 3.46. The molecular formula is C25H18ClN5O2. The molecule has 5 aromatic rings. The molecule has 7 nitrogen and oxygen atoms in total. The molecule has 0 atom stereocenters. The van der Waals surface area contributed by atoms with Gasteiger partial charge in [0.05, 0.1) is 10.7 Å². The number of aromatic nitrogens is 4. The predicted molar refractivity (Wildman–Crippen MR) is 128 cm³/mol. The van der Waals surface area contributed by atoms with E-state index in [1.165, 1.54) is 0 Å². The molecule has 5 rings (SSSR count). The zero-order chi connectivity index (χ0) is 22.6. The van der Waals surface area contributed by atoms with Gasteiger partial charge in [0.25, 0.3) is 5.91 Å². The molecule has 1 amide bonds. The third kappa shape index (κ3) is 4.40. The summed E-state index contributed by atoms with van der Waals surface area (Å²) in [6.45, 7) is -0.187. The maximum absolute atomic E-state index is 12.7. The maximum Gasteiger partial charge on any atom is 0.262 e. The van der Waals surface area contributed by atoms with Crippen LogP contribution in [0.3, 0.4) is 0 Å². The van der Waals surface area contributed by atoms with Gasteiger partial charge in [0.15, 0.2) is 18.3 Å². The third-order valence-electron chi connectivity index (χ3n) is 5.01. The number of carbonyl (C=O) groups excluding carboxylic acids is 1. The van der Waals surface area contributed by atoms with Gasteiger partial charge in [0.2, 0.25) is 0 Å². The second kappa shape index (κ2) is 9.10. The largest absolute Gasteiger partial charge is 0.481 e. The number of anilines is 1. The molecule has 3 aromatic carbocycles. The second-order valence-corrected chi connectivity index (χ2v) is 7.61. The van der Waals surface area contributed by atoms with Crippen LogP contribution in [0.25, 0.3) is 33.7 Å². The molecular weight excluding hydrogens is 438 g/mol. The number of para-hydroxylation sites is 1. The van der Waals surface area contributed by atoms with Crippen LogP contribution in [0.1, 0.15) is 0 Å². The Morgan fingerprint density at radius 3 is 2.67 bits per heavy atom. The molecule has 0 saturated carbocycles. The Kier molecular flexibility index (Phi) is 5.70. The molecule has 2 N–H and O–H groups in total. The summed E-state index contributed by atoms with van der Waals surface area (Å²) in [5.41, 5.74) is 2.83. The van der Waals surface area contributed by atoms with Crippen LogP contribution in [0, 0.1) is 0 Å². The van der Waals surface area contributed by atoms with Gasteiger partial charge in [-0.15, -0.1) is 0 Å². The van der Waals surface area contributed by atoms with E-state index in [1.54, 1.807) is 30.5 Å². The lowest BCUT2D eigenvalue weighted by Gasteiger charge is -2.11. The summed E-state index contributed by atoms with van der Waals surface area (Å²) in [6, 6.07) is 24.1. The molecule has 0 aliphatic carbocycles. The minimum absolute atomic E-state index is 0.187. The number of rotatable bonds is 6. The molecule has 0 saturated heterocycles. The van der Waals surface area contributed by atoms with E-state index in [9.17, 15) is 4.79 Å². The van der Waals surface area contributed by atoms with E-state index in [1.807, 2.05) is 54.6 Å². The van der Waals surface area contributed by atoms with E-state index in [-0.39, 0.29) is 12.5 Å². The summed E-state index contributed by atoms with van der Waals surface area (Å²) >= 11 is 6.23. The average molecular weight is 456 g/mol. The first-order valence-corrected chi connectivity index (χ1v) is 10.6. The summed E-state index contributed by atoms with van der Waals surface area (Å²) in [5, 5.41) is 11.5. The summed E-state index contributed by atoms with van der Waals surface area (Å²) in [7, 11) is 0. The Labute approximate surface area is 194 Å². The minimum Gasteiger partial charge on any atom is -0.481 e. The van der Waals surface area contributed by atoms with E-state index in [0.717, 1.165) is 16.5 Å². The van der Waals surface area contributed by atoms with Gasteiger partial charge in [-0.2, -0.15) is 5.10 Å². The number of hydrogen-bond donors (Lipinski definition) is 2. The monoisotopic (exact) mass is 455 g/mol. The van der Waals surface area contributed by atoms with Gasteiger partial charge in [0, 0.05) is 22.7 Å². The topological polar surface area (TPSA) is 92.8 Å². The first-order valence-electron chi connectivity index (χ1n) is 10.2. The Bertz CT molecular complexity index is 1440. The fourth-order valence-corrected chi connectivity index (χ4v) is 3.67. The molecule has 33 heavy (non-hydrogen) atoms. The van der Waals surface area contributed by atoms with Crippen LogP contribution in [0.15, 0.2) is 85.1 Å². The number of hydrogen-bond acceptors (Lipinski definition) is 5. The van der Waals surface area contributed by atoms with Crippen LogP contribution >= 0.6 is 11.6 Å². The van der Waals surface area contributed by atoms with E-state index in [2.05, 4.69) is 25.5 Å². The molecule has 0 unspecified atom stereocenters. The molecule has 0 spiro atoms. The lowest BCUT2D eigenvalue weighted by atomic mass is 10.1. The quantitative estimate of drug-likeness (QED) is 0.359. The average Bonchev–Trinajstić information content (AvgIpc) is 3.35. The number of benzene rings is 3. The molecule has 8 heteroatoms. The number of pyridine rings is 1. The number of nitrogens with zero attached hydrogens (tertiary/aromatic N) is 3. The zero-order valence-electron chi connectivity index (χ0n) is 17.3. The number of halogens is 1. The Morgan fingerprint density at radius 1 is 0.970 bits per heavy atom. The van der Waals surface area contributed by atoms with Gasteiger partial charge in [-0.05, 0) is 36.4 Å². The van der Waals surface area contributed by atoms with Gasteiger partial charge >= 0.3 is 0 Å². The lowest BCUT2D eigenvalue weighted by molar-refractivity contribution is -0.118. The number of H-pyrrole nitrogens is 1. The van der Waals surface area contributed by atoms with Gasteiger partial charge < -0.3 is 10.1 Å². The highest BCUT2D eigenvalue weighted by Crippen LogP contribution is 2.30. The van der Waals surface area contributed by atoms with Crippen molar-refractivity contribution in [1.29, 1.82) is 0 Å². The number of carbonyl (C=O) groups is 1. The van der Waals surface area contributed by atoms with Crippen molar-refractivity contribution in [3.05, 3.63) is 90.1 Å². The van der Waals surface area contributed by atoms with Crippen molar-refractivity contribution in [2.45, 2.75) is 0 Å². The summed E-state index contributed by atoms with van der Waals surface area (Å²) in [5.74, 6) is 1.31. The fraction of sp³-hybridized carbons (Fsp3) is 0.0400. The van der Waals surface area contributed by atoms with Crippen molar-refractivity contribution < 1.29 is 9.53 Å². The van der Waals surface area contributed by atoms with Gasteiger partial charge in [-0.25, -0.2) is 4.98 Å². The second-order valence-electron chi connectivity index (χ2n) is 7.20. The predicted octanol–water partition coefficient (Wildman–Crippen LogP) is 5.36. The number of ether oxygens (including phenoxy) is 1. The first-order chi connectivity index (χ1) is 16.2. The lowest BCUT2D eigenvalue weighted by Crippen LogP contribution is -2.20. The molecule has 0 bridgehead atoms. The number of aromatic amines is 1. The highest BCUT2D eigenvalue weighted by molar-refractivity contribution is 6.35. The Balaban J connectivity index is 1.33. The van der Waals surface area contributed by atoms with E-state index in [4.69, 9.17) is 16.3 Å². The van der Waals surface area contributed by atoms with Crippen LogP contribution in [0.5, 0.6) is 5.75 Å². The Hall–Kier alpha value is -4.23. The first kappa shape index (κ1) is 20.7. The SMILES string of the molecule is O=C(COc1ccc(Cl)c2cccnc12)Nc1ccccc1-c1nc(-c2ccccc2)n[nH]1. The summed E-state index contributed by atoms with van der Waals surface area (Å²) in [4.78, 5) is 21.6. The van der Waals surface area contributed by atoms with E-state index >= 15 is 0 Å². The maximum atomic E-state index is 12.7. The van der Waals surface area contributed by atoms with E-state index < -0.39 is 0 Å². The molecule has 0 aliphatic heterocycles. The highest BCUT2D eigenvalue weighted by atomic mass is 35.5. The Morgan fingerprint density at radius 2 is 1.79 bits per heavy atom. The van der Waals surface area contributed by atoms with Gasteiger partial charge in [0.1, 0.15) is 11.3 Å². The highest BCUT2D eigenvalue weighted by Gasteiger charge is 2.14. The molecule has 2 heterocycles. The standard InChI is InChI=1S/C25H18ClN5O2/c26-19-12-13-21(23-17(19)10-6-14-27-23)33-15-22(32)28-20-11-5-4-9-18(20)25-29-24(30-31-25)16-7-2-1-3-8-16/h1-14H,15H2,(H,28,32)(H,29,30,31). The normalized spacial score (nSPS) is 10.8. The van der Waals surface area contributed by atoms with Crippen molar-refractivity contribution in [3.8, 4) is 28.5 Å². The van der Waals surface area contributed by atoms with Crippen LogP contribution in [-0.4, -0.2) is 32.7 Å². The molecule has 0 fully saturated rings. The summed E-state index contributed by atoms with van der Waals surface area (Å²) < 4.78 is 5.75. The van der Waals surface area contributed by atoms with Crippen LogP contribution in [0.2, 0.25) is 5.02 Å². The third-order valence-corrected chi connectivity index (χ3v) is 5.34. The number of fused-ring (bicyclic) bond motifs is 1. The van der Waals surface area contributed by atoms with Gasteiger partial charge in [-0.3, -0.25) is 14.9 Å². The van der Waals surface area contributed by atoms with Crippen molar-refractivity contribution >= 4 is 34.1 Å². The molecule has 0 radical (unpaired) electrons. The van der Waals surface area contributed by atoms with Crippen molar-refractivity contribution in [2.75, 3.05) is 11.9 Å². The molecule has 162 valence electrons. The molecule has 2 aromatic heterocycles. The molecule has 0 aliphatic rings. The number of nitrogens with one attached hydrogen (secondary N) is 2. The van der Waals surface area contributed by atoms with Crippen molar-refractivity contribution in [1.82, 2.24) is 20.2 Å². The van der Waals surface area contributed by atoms with Crippen molar-refractivity contribution in [2.24, 2.45) is 0 Å².